The predicted molar refractivity (Wildman–Crippen MR) is 174 cm³/mol. The molecule has 3 aromatic carbocycles. The third kappa shape index (κ3) is 5.42. The van der Waals surface area contributed by atoms with Crippen LogP contribution in [0.4, 0.5) is 11.6 Å². The lowest BCUT2D eigenvalue weighted by Crippen LogP contribution is -2.46. The molecule has 0 spiro atoms. The van der Waals surface area contributed by atoms with Crippen molar-refractivity contribution < 1.29 is 18.7 Å². The highest BCUT2D eigenvalue weighted by Crippen LogP contribution is 2.42. The Balaban J connectivity index is 1.24. The second-order valence-corrected chi connectivity index (χ2v) is 13.0. The quantitative estimate of drug-likeness (QED) is 0.259. The third-order valence-corrected chi connectivity index (χ3v) is 9.67. The number of nitrogens with one attached hydrogen (secondary N) is 1. The number of morpholine rings is 2. The summed E-state index contributed by atoms with van der Waals surface area (Å²) < 4.78 is 19.7. The number of para-hydroxylation sites is 1. The molecule has 1 N–H and O–H groups in total. The zero-order chi connectivity index (χ0) is 29.6. The molecule has 1 amide bonds. The van der Waals surface area contributed by atoms with Crippen molar-refractivity contribution in [3.8, 4) is 11.1 Å². The number of carbonyl (C=O) groups is 1. The van der Waals surface area contributed by atoms with Crippen molar-refractivity contribution in [3.05, 3.63) is 70.9 Å². The molecular formula is C34H35N3O5S. The number of fused-ring (bicyclic) bond motifs is 4. The molecule has 2 aromatic heterocycles. The summed E-state index contributed by atoms with van der Waals surface area (Å²) in [6, 6.07) is 19.7. The van der Waals surface area contributed by atoms with Crippen LogP contribution in [0.15, 0.2) is 69.9 Å². The van der Waals surface area contributed by atoms with Gasteiger partial charge in [0.05, 0.1) is 37.2 Å². The highest BCUT2D eigenvalue weighted by atomic mass is 32.1. The molecule has 5 aromatic rings. The van der Waals surface area contributed by atoms with Gasteiger partial charge >= 0.3 is 0 Å². The number of anilines is 2. The van der Waals surface area contributed by atoms with E-state index >= 15 is 0 Å². The maximum Gasteiger partial charge on any atom is 0.231 e. The van der Waals surface area contributed by atoms with E-state index in [2.05, 4.69) is 39.4 Å². The summed E-state index contributed by atoms with van der Waals surface area (Å²) in [6.45, 7) is 10.4. The topological polar surface area (TPSA) is 84.2 Å². The fraction of sp³-hybridized carbons (Fsp3) is 0.353. The van der Waals surface area contributed by atoms with Crippen LogP contribution < -0.4 is 15.6 Å². The molecular weight excluding hydrogens is 562 g/mol. The van der Waals surface area contributed by atoms with Gasteiger partial charge in [0.2, 0.25) is 5.91 Å². The number of thiophene rings is 1. The Bertz CT molecular complexity index is 1880. The molecule has 9 heteroatoms. The second kappa shape index (κ2) is 11.4. The number of rotatable bonds is 6. The van der Waals surface area contributed by atoms with Crippen molar-refractivity contribution in [2.75, 3.05) is 69.4 Å². The zero-order valence-electron chi connectivity index (χ0n) is 24.5. The molecule has 4 heterocycles. The summed E-state index contributed by atoms with van der Waals surface area (Å²) in [6.07, 6.45) is 0. The molecule has 0 radical (unpaired) electrons. The molecule has 0 saturated carbocycles. The fourth-order valence-corrected chi connectivity index (χ4v) is 7.31. The van der Waals surface area contributed by atoms with Crippen LogP contribution >= 0.6 is 11.3 Å². The molecule has 0 aliphatic carbocycles. The first kappa shape index (κ1) is 28.0. The number of nitrogens with zero attached hydrogens (tertiary/aromatic N) is 2. The first-order valence-corrected chi connectivity index (χ1v) is 15.7. The Labute approximate surface area is 253 Å². The van der Waals surface area contributed by atoms with Gasteiger partial charge < -0.3 is 24.1 Å². The molecule has 8 nitrogen and oxygen atoms in total. The molecule has 2 aliphatic heterocycles. The van der Waals surface area contributed by atoms with Gasteiger partial charge in [0.15, 0.2) is 11.3 Å². The first-order chi connectivity index (χ1) is 20.9. The Morgan fingerprint density at radius 2 is 1.56 bits per heavy atom. The van der Waals surface area contributed by atoms with Crippen LogP contribution in [0.5, 0.6) is 0 Å². The largest absolute Gasteiger partial charge is 0.440 e. The Hall–Kier alpha value is -3.76. The standard InChI is InChI=1S/C34H35N3O5S/c1-34(2,21-36-11-15-40-16-12-36)33(39)35-22-9-10-29-27(19-22)25-7-4-6-24(32(25)43-29)23-5-3-8-26-28(38)20-30(42-31(23)26)37-13-17-41-18-14-37/h3-10,19-20H,11-18,21H2,1-2H3,(H,35,39). The molecule has 222 valence electrons. The number of carbonyl (C=O) groups excluding carboxylic acids is 1. The van der Waals surface area contributed by atoms with E-state index in [9.17, 15) is 9.59 Å². The van der Waals surface area contributed by atoms with E-state index in [1.54, 1.807) is 17.4 Å². The van der Waals surface area contributed by atoms with Crippen molar-refractivity contribution in [2.45, 2.75) is 13.8 Å². The predicted octanol–water partition coefficient (Wildman–Crippen LogP) is 5.96. The van der Waals surface area contributed by atoms with Crippen molar-refractivity contribution in [3.63, 3.8) is 0 Å². The van der Waals surface area contributed by atoms with Gasteiger partial charge in [-0.3, -0.25) is 14.5 Å². The number of hydrogen-bond acceptors (Lipinski definition) is 8. The molecule has 43 heavy (non-hydrogen) atoms. The fourth-order valence-electron chi connectivity index (χ4n) is 6.10. The molecule has 0 unspecified atom stereocenters. The smallest absolute Gasteiger partial charge is 0.231 e. The Kier molecular flexibility index (Phi) is 7.43. The average Bonchev–Trinajstić information content (AvgIpc) is 3.40. The van der Waals surface area contributed by atoms with Crippen LogP contribution in [-0.4, -0.2) is 70.0 Å². The maximum atomic E-state index is 13.4. The van der Waals surface area contributed by atoms with Gasteiger partial charge in [-0.05, 0) is 38.1 Å². The maximum absolute atomic E-state index is 13.4. The Morgan fingerprint density at radius 3 is 2.33 bits per heavy atom. The van der Waals surface area contributed by atoms with Crippen LogP contribution in [0.2, 0.25) is 0 Å². The molecule has 2 aliphatic rings. The van der Waals surface area contributed by atoms with Gasteiger partial charge in [0, 0.05) is 75.8 Å². The minimum absolute atomic E-state index is 0.000391. The van der Waals surface area contributed by atoms with Gasteiger partial charge in [-0.15, -0.1) is 11.3 Å². The summed E-state index contributed by atoms with van der Waals surface area (Å²) in [4.78, 5) is 30.9. The lowest BCUT2D eigenvalue weighted by Gasteiger charge is -2.33. The van der Waals surface area contributed by atoms with E-state index in [4.69, 9.17) is 13.9 Å². The van der Waals surface area contributed by atoms with Crippen LogP contribution in [0, 0.1) is 5.41 Å². The zero-order valence-corrected chi connectivity index (χ0v) is 25.3. The summed E-state index contributed by atoms with van der Waals surface area (Å²) in [5, 5.41) is 5.93. The monoisotopic (exact) mass is 597 g/mol. The van der Waals surface area contributed by atoms with Crippen LogP contribution in [0.25, 0.3) is 42.3 Å². The van der Waals surface area contributed by atoms with Crippen LogP contribution in [0.1, 0.15) is 13.8 Å². The highest BCUT2D eigenvalue weighted by Gasteiger charge is 2.31. The minimum Gasteiger partial charge on any atom is -0.440 e. The van der Waals surface area contributed by atoms with Crippen LogP contribution in [-0.2, 0) is 14.3 Å². The highest BCUT2D eigenvalue weighted by molar-refractivity contribution is 7.26. The molecule has 7 rings (SSSR count). The number of ether oxygens (including phenoxy) is 2. The van der Waals surface area contributed by atoms with Gasteiger partial charge in [0.25, 0.3) is 0 Å². The van der Waals surface area contributed by atoms with E-state index in [0.29, 0.717) is 62.9 Å². The molecule has 0 atom stereocenters. The molecule has 2 saturated heterocycles. The number of benzene rings is 3. The van der Waals surface area contributed by atoms with E-state index in [0.717, 1.165) is 50.1 Å². The summed E-state index contributed by atoms with van der Waals surface area (Å²) in [5.41, 5.74) is 2.68. The lowest BCUT2D eigenvalue weighted by atomic mass is 9.91. The second-order valence-electron chi connectivity index (χ2n) is 12.0. The van der Waals surface area contributed by atoms with Gasteiger partial charge in [-0.2, -0.15) is 0 Å². The minimum atomic E-state index is -0.547. The van der Waals surface area contributed by atoms with Crippen molar-refractivity contribution in [2.24, 2.45) is 5.41 Å². The van der Waals surface area contributed by atoms with E-state index in [1.165, 1.54) is 0 Å². The first-order valence-electron chi connectivity index (χ1n) is 14.8. The molecule has 2 fully saturated rings. The van der Waals surface area contributed by atoms with Crippen LogP contribution in [0.3, 0.4) is 0 Å². The molecule has 0 bridgehead atoms. The van der Waals surface area contributed by atoms with E-state index < -0.39 is 5.41 Å². The third-order valence-electron chi connectivity index (χ3n) is 8.45. The van der Waals surface area contributed by atoms with Gasteiger partial charge in [-0.25, -0.2) is 0 Å². The SMILES string of the molecule is CC(C)(CN1CCOCC1)C(=O)Nc1ccc2sc3c(-c4cccc5c(=O)cc(N6CCOCC6)oc45)cccc3c2c1. The average molecular weight is 598 g/mol. The number of amides is 1. The van der Waals surface area contributed by atoms with Gasteiger partial charge in [0.1, 0.15) is 5.58 Å². The summed E-state index contributed by atoms with van der Waals surface area (Å²) in [7, 11) is 0. The van der Waals surface area contributed by atoms with Crippen molar-refractivity contribution in [1.29, 1.82) is 0 Å². The summed E-state index contributed by atoms with van der Waals surface area (Å²) >= 11 is 1.71. The van der Waals surface area contributed by atoms with E-state index in [1.807, 2.05) is 44.2 Å². The van der Waals surface area contributed by atoms with Crippen molar-refractivity contribution in [1.82, 2.24) is 4.90 Å². The normalized spacial score (nSPS) is 16.7. The van der Waals surface area contributed by atoms with E-state index in [-0.39, 0.29) is 11.3 Å². The van der Waals surface area contributed by atoms with Crippen molar-refractivity contribution >= 4 is 60.0 Å². The lowest BCUT2D eigenvalue weighted by molar-refractivity contribution is -0.125. The summed E-state index contributed by atoms with van der Waals surface area (Å²) in [5.74, 6) is 0.578. The Morgan fingerprint density at radius 1 is 0.860 bits per heavy atom. The van der Waals surface area contributed by atoms with Gasteiger partial charge in [-0.1, -0.05) is 30.3 Å². The number of hydrogen-bond donors (Lipinski definition) is 1.